The monoisotopic (exact) mass is 281 g/mol. The lowest BCUT2D eigenvalue weighted by Crippen LogP contribution is -2.00. The predicted octanol–water partition coefficient (Wildman–Crippen LogP) is 4.27. The van der Waals surface area contributed by atoms with E-state index in [1.165, 1.54) is 5.56 Å². The molecule has 0 aliphatic carbocycles. The number of nitrogens with zero attached hydrogens (tertiary/aromatic N) is 1. The number of benzene rings is 2. The fraction of sp³-hybridized carbons (Fsp3) is 0.278. The third-order valence-electron chi connectivity index (χ3n) is 3.32. The van der Waals surface area contributed by atoms with E-state index in [1.807, 2.05) is 24.3 Å². The summed E-state index contributed by atoms with van der Waals surface area (Å²) in [4.78, 5) is 0. The topological polar surface area (TPSA) is 42.2 Å². The molecule has 2 rings (SSSR count). The van der Waals surface area contributed by atoms with Crippen molar-refractivity contribution in [3.8, 4) is 17.6 Å². The molecule has 3 heteroatoms. The van der Waals surface area contributed by atoms with Gasteiger partial charge in [0.1, 0.15) is 24.2 Å². The summed E-state index contributed by atoms with van der Waals surface area (Å²) in [6.45, 7) is 4.72. The third kappa shape index (κ3) is 3.55. The van der Waals surface area contributed by atoms with Gasteiger partial charge in [0.25, 0.3) is 0 Å². The number of nitriles is 1. The van der Waals surface area contributed by atoms with E-state index in [9.17, 15) is 0 Å². The smallest absolute Gasteiger partial charge is 0.136 e. The van der Waals surface area contributed by atoms with E-state index in [4.69, 9.17) is 14.7 Å². The summed E-state index contributed by atoms with van der Waals surface area (Å²) in [5, 5.41) is 9.11. The molecule has 0 aliphatic rings. The number of hydrogen-bond donors (Lipinski definition) is 0. The first kappa shape index (κ1) is 14.9. The lowest BCUT2D eigenvalue weighted by molar-refractivity contribution is 0.301. The lowest BCUT2D eigenvalue weighted by atomic mass is 10.0. The van der Waals surface area contributed by atoms with Gasteiger partial charge in [0.2, 0.25) is 0 Å². The first-order valence-corrected chi connectivity index (χ1v) is 6.94. The van der Waals surface area contributed by atoms with Gasteiger partial charge in [0.15, 0.2) is 0 Å². The third-order valence-corrected chi connectivity index (χ3v) is 3.32. The Morgan fingerprint density at radius 2 is 1.86 bits per heavy atom. The Balaban J connectivity index is 2.16. The molecule has 0 atom stereocenters. The largest absolute Gasteiger partial charge is 0.495 e. The maximum atomic E-state index is 9.11. The van der Waals surface area contributed by atoms with Gasteiger partial charge >= 0.3 is 0 Å². The number of methoxy groups -OCH3 is 1. The van der Waals surface area contributed by atoms with E-state index in [0.29, 0.717) is 23.8 Å². The molecular formula is C18H19NO2. The Morgan fingerprint density at radius 3 is 2.52 bits per heavy atom. The molecule has 2 aromatic rings. The molecule has 0 bridgehead atoms. The molecular weight excluding hydrogens is 262 g/mol. The Hall–Kier alpha value is -2.47. The molecule has 0 N–H and O–H groups in total. The summed E-state index contributed by atoms with van der Waals surface area (Å²) in [5.74, 6) is 1.89. The van der Waals surface area contributed by atoms with Crippen molar-refractivity contribution in [2.75, 3.05) is 7.11 Å². The Morgan fingerprint density at radius 1 is 1.10 bits per heavy atom. The van der Waals surface area contributed by atoms with Crippen LogP contribution in [0, 0.1) is 11.3 Å². The van der Waals surface area contributed by atoms with Crippen molar-refractivity contribution >= 4 is 0 Å². The summed E-state index contributed by atoms with van der Waals surface area (Å²) in [7, 11) is 1.56. The molecule has 0 radical (unpaired) electrons. The first-order valence-electron chi connectivity index (χ1n) is 6.94. The number of rotatable bonds is 5. The molecule has 0 spiro atoms. The zero-order valence-corrected chi connectivity index (χ0v) is 12.6. The summed E-state index contributed by atoms with van der Waals surface area (Å²) in [5.41, 5.74) is 2.66. The van der Waals surface area contributed by atoms with Gasteiger partial charge in [-0.3, -0.25) is 0 Å². The zero-order chi connectivity index (χ0) is 15.2. The second kappa shape index (κ2) is 6.81. The quantitative estimate of drug-likeness (QED) is 0.822. The molecule has 0 aromatic heterocycles. The molecule has 0 unspecified atom stereocenters. The molecule has 0 amide bonds. The SMILES string of the molecule is COc1ccc(COc2ccccc2C(C)C)cc1C#N. The zero-order valence-electron chi connectivity index (χ0n) is 12.6. The summed E-state index contributed by atoms with van der Waals surface area (Å²) in [6.07, 6.45) is 0. The van der Waals surface area contributed by atoms with E-state index in [1.54, 1.807) is 19.2 Å². The highest BCUT2D eigenvalue weighted by molar-refractivity contribution is 5.45. The van der Waals surface area contributed by atoms with Crippen molar-refractivity contribution in [2.45, 2.75) is 26.4 Å². The van der Waals surface area contributed by atoms with Crippen LogP contribution < -0.4 is 9.47 Å². The van der Waals surface area contributed by atoms with Crippen LogP contribution in [0.1, 0.15) is 36.5 Å². The van der Waals surface area contributed by atoms with Crippen LogP contribution in [0.2, 0.25) is 0 Å². The van der Waals surface area contributed by atoms with E-state index < -0.39 is 0 Å². The van der Waals surface area contributed by atoms with Crippen LogP contribution in [0.5, 0.6) is 11.5 Å². The van der Waals surface area contributed by atoms with Crippen LogP contribution in [-0.4, -0.2) is 7.11 Å². The highest BCUT2D eigenvalue weighted by Crippen LogP contribution is 2.27. The van der Waals surface area contributed by atoms with Gasteiger partial charge in [-0.2, -0.15) is 5.26 Å². The average molecular weight is 281 g/mol. The summed E-state index contributed by atoms with van der Waals surface area (Å²) >= 11 is 0. The molecule has 0 aliphatic heterocycles. The van der Waals surface area contributed by atoms with Crippen molar-refractivity contribution in [1.82, 2.24) is 0 Å². The van der Waals surface area contributed by atoms with Crippen molar-refractivity contribution in [3.63, 3.8) is 0 Å². The molecule has 0 saturated carbocycles. The van der Waals surface area contributed by atoms with E-state index >= 15 is 0 Å². The van der Waals surface area contributed by atoms with Crippen molar-refractivity contribution in [1.29, 1.82) is 5.26 Å². The van der Waals surface area contributed by atoms with Crippen LogP contribution in [0.25, 0.3) is 0 Å². The van der Waals surface area contributed by atoms with Gasteiger partial charge in [0.05, 0.1) is 12.7 Å². The fourth-order valence-corrected chi connectivity index (χ4v) is 2.18. The van der Waals surface area contributed by atoms with Gasteiger partial charge in [-0.1, -0.05) is 38.1 Å². The van der Waals surface area contributed by atoms with Crippen molar-refractivity contribution < 1.29 is 9.47 Å². The second-order valence-electron chi connectivity index (χ2n) is 5.13. The molecule has 3 nitrogen and oxygen atoms in total. The Labute approximate surface area is 125 Å². The van der Waals surface area contributed by atoms with Crippen LogP contribution >= 0.6 is 0 Å². The number of ether oxygens (including phenoxy) is 2. The Bertz CT molecular complexity index is 657. The van der Waals surface area contributed by atoms with Gasteiger partial charge in [-0.15, -0.1) is 0 Å². The standard InChI is InChI=1S/C18H19NO2/c1-13(2)16-6-4-5-7-18(16)21-12-14-8-9-17(20-3)15(10-14)11-19/h4-10,13H,12H2,1-3H3. The second-order valence-corrected chi connectivity index (χ2v) is 5.13. The summed E-state index contributed by atoms with van der Waals surface area (Å²) < 4.78 is 11.0. The fourth-order valence-electron chi connectivity index (χ4n) is 2.18. The van der Waals surface area contributed by atoms with E-state index in [2.05, 4.69) is 26.0 Å². The normalized spacial score (nSPS) is 10.2. The van der Waals surface area contributed by atoms with E-state index in [-0.39, 0.29) is 0 Å². The molecule has 2 aromatic carbocycles. The Kier molecular flexibility index (Phi) is 4.84. The summed E-state index contributed by atoms with van der Waals surface area (Å²) in [6, 6.07) is 15.7. The molecule has 21 heavy (non-hydrogen) atoms. The predicted molar refractivity (Wildman–Crippen MR) is 82.6 cm³/mol. The molecule has 0 saturated heterocycles. The van der Waals surface area contributed by atoms with Crippen LogP contribution in [0.15, 0.2) is 42.5 Å². The average Bonchev–Trinajstić information content (AvgIpc) is 2.52. The minimum atomic E-state index is 0.409. The minimum absolute atomic E-state index is 0.409. The molecule has 0 fully saturated rings. The molecule has 0 heterocycles. The van der Waals surface area contributed by atoms with Crippen LogP contribution in [0.4, 0.5) is 0 Å². The number of para-hydroxylation sites is 1. The lowest BCUT2D eigenvalue weighted by Gasteiger charge is -2.14. The number of hydrogen-bond acceptors (Lipinski definition) is 3. The highest BCUT2D eigenvalue weighted by Gasteiger charge is 2.08. The van der Waals surface area contributed by atoms with Crippen LogP contribution in [0.3, 0.4) is 0 Å². The minimum Gasteiger partial charge on any atom is -0.495 e. The van der Waals surface area contributed by atoms with Crippen LogP contribution in [-0.2, 0) is 6.61 Å². The highest BCUT2D eigenvalue weighted by atomic mass is 16.5. The van der Waals surface area contributed by atoms with Crippen molar-refractivity contribution in [3.05, 3.63) is 59.2 Å². The van der Waals surface area contributed by atoms with Gasteiger partial charge < -0.3 is 9.47 Å². The van der Waals surface area contributed by atoms with Crippen molar-refractivity contribution in [2.24, 2.45) is 0 Å². The van der Waals surface area contributed by atoms with Gasteiger partial charge in [-0.25, -0.2) is 0 Å². The first-order chi connectivity index (χ1) is 10.2. The van der Waals surface area contributed by atoms with Gasteiger partial charge in [0, 0.05) is 0 Å². The van der Waals surface area contributed by atoms with Gasteiger partial charge in [-0.05, 0) is 35.2 Å². The maximum absolute atomic E-state index is 9.11. The molecule has 108 valence electrons. The maximum Gasteiger partial charge on any atom is 0.136 e. The van der Waals surface area contributed by atoms with E-state index in [0.717, 1.165) is 11.3 Å².